The number of hydrogen-bond acceptors (Lipinski definition) is 4. The summed E-state index contributed by atoms with van der Waals surface area (Å²) < 4.78 is 4.16. The summed E-state index contributed by atoms with van der Waals surface area (Å²) in [6, 6.07) is 21.6. The summed E-state index contributed by atoms with van der Waals surface area (Å²) in [5.74, 6) is 0. The molecule has 2 heterocycles. The zero-order valence-electron chi connectivity index (χ0n) is 11.4. The Balaban J connectivity index is 1.74. The topological polar surface area (TPSA) is 37.8 Å². The van der Waals surface area contributed by atoms with Crippen molar-refractivity contribution in [3.63, 3.8) is 0 Å². The van der Waals surface area contributed by atoms with Crippen LogP contribution in [-0.4, -0.2) is 9.59 Å². The van der Waals surface area contributed by atoms with Crippen molar-refractivity contribution in [2.45, 2.75) is 18.5 Å². The average Bonchev–Trinajstić information content (AvgIpc) is 3.04. The van der Waals surface area contributed by atoms with Crippen LogP contribution in [0.4, 0.5) is 0 Å². The van der Waals surface area contributed by atoms with Gasteiger partial charge in [-0.3, -0.25) is 5.32 Å². The lowest BCUT2D eigenvalue weighted by molar-refractivity contribution is 0.451. The van der Waals surface area contributed by atoms with E-state index < -0.39 is 0 Å². The maximum Gasteiger partial charge on any atom is 0.0826 e. The maximum atomic E-state index is 4.34. The summed E-state index contributed by atoms with van der Waals surface area (Å²) in [6.07, 6.45) is 0.902. The first kappa shape index (κ1) is 12.7. The molecule has 2 unspecified atom stereocenters. The summed E-state index contributed by atoms with van der Waals surface area (Å²) in [5, 5.41) is 8.10. The molecule has 1 aromatic heterocycles. The van der Waals surface area contributed by atoms with Crippen molar-refractivity contribution >= 4 is 11.5 Å². The molecular weight excluding hydrogens is 278 g/mol. The summed E-state index contributed by atoms with van der Waals surface area (Å²) in [6.45, 7) is 0. The van der Waals surface area contributed by atoms with Crippen LogP contribution in [0.25, 0.3) is 0 Å². The molecule has 1 aliphatic rings. The highest BCUT2D eigenvalue weighted by Gasteiger charge is 2.30. The van der Waals surface area contributed by atoms with Crippen molar-refractivity contribution in [1.29, 1.82) is 0 Å². The lowest BCUT2D eigenvalue weighted by atomic mass is 9.92. The quantitative estimate of drug-likeness (QED) is 0.785. The molecule has 4 heteroatoms. The lowest BCUT2D eigenvalue weighted by Crippen LogP contribution is -2.33. The number of hydrogen-bond donors (Lipinski definition) is 1. The molecule has 1 aliphatic heterocycles. The molecule has 0 bridgehead atoms. The number of benzene rings is 2. The zero-order valence-corrected chi connectivity index (χ0v) is 12.3. The van der Waals surface area contributed by atoms with Crippen LogP contribution in [0.15, 0.2) is 60.7 Å². The van der Waals surface area contributed by atoms with Gasteiger partial charge in [0.2, 0.25) is 0 Å². The normalized spacial score (nSPS) is 21.0. The first-order chi connectivity index (χ1) is 10.4. The standard InChI is InChI=1S/C17H15N3S/c1-3-7-12(8-4-1)14-11-15-17(21-20-19-15)16(18-14)13-9-5-2-6-10-13/h1-10,14,16,18H,11H2. The summed E-state index contributed by atoms with van der Waals surface area (Å²) in [5.41, 5.74) is 3.70. The maximum absolute atomic E-state index is 4.34. The molecule has 0 saturated heterocycles. The van der Waals surface area contributed by atoms with Gasteiger partial charge < -0.3 is 0 Å². The predicted molar refractivity (Wildman–Crippen MR) is 84.2 cm³/mol. The second kappa shape index (κ2) is 5.39. The monoisotopic (exact) mass is 293 g/mol. The van der Waals surface area contributed by atoms with Crippen LogP contribution in [0.5, 0.6) is 0 Å². The molecule has 2 aromatic carbocycles. The van der Waals surface area contributed by atoms with E-state index in [2.05, 4.69) is 69.5 Å². The third kappa shape index (κ3) is 2.37. The number of aromatic nitrogens is 2. The van der Waals surface area contributed by atoms with E-state index in [9.17, 15) is 0 Å². The van der Waals surface area contributed by atoms with Gasteiger partial charge in [0.1, 0.15) is 0 Å². The van der Waals surface area contributed by atoms with Crippen LogP contribution >= 0.6 is 11.5 Å². The van der Waals surface area contributed by atoms with E-state index in [4.69, 9.17) is 0 Å². The Kier molecular flexibility index (Phi) is 3.25. The van der Waals surface area contributed by atoms with Crippen LogP contribution in [-0.2, 0) is 6.42 Å². The lowest BCUT2D eigenvalue weighted by Gasteiger charge is -2.30. The molecule has 2 atom stereocenters. The van der Waals surface area contributed by atoms with Crippen LogP contribution < -0.4 is 5.32 Å². The minimum absolute atomic E-state index is 0.181. The number of fused-ring (bicyclic) bond motifs is 1. The van der Waals surface area contributed by atoms with E-state index in [1.54, 1.807) is 0 Å². The second-order valence-corrected chi connectivity index (χ2v) is 6.05. The SMILES string of the molecule is c1ccc(C2Cc3nnsc3C(c3ccccc3)N2)cc1. The molecule has 3 aromatic rings. The van der Waals surface area contributed by atoms with E-state index in [1.165, 1.54) is 27.5 Å². The molecule has 0 radical (unpaired) electrons. The Morgan fingerprint density at radius 2 is 1.57 bits per heavy atom. The summed E-state index contributed by atoms with van der Waals surface area (Å²) in [4.78, 5) is 1.24. The van der Waals surface area contributed by atoms with Crippen molar-refractivity contribution in [3.05, 3.63) is 82.4 Å². The molecule has 0 saturated carbocycles. The van der Waals surface area contributed by atoms with Crippen molar-refractivity contribution in [1.82, 2.24) is 14.9 Å². The van der Waals surface area contributed by atoms with Gasteiger partial charge in [-0.15, -0.1) is 5.10 Å². The largest absolute Gasteiger partial charge is 0.298 e. The molecule has 4 rings (SSSR count). The van der Waals surface area contributed by atoms with Crippen LogP contribution in [0.3, 0.4) is 0 Å². The van der Waals surface area contributed by atoms with E-state index in [1.807, 2.05) is 6.07 Å². The first-order valence-corrected chi connectivity index (χ1v) is 7.86. The fourth-order valence-electron chi connectivity index (χ4n) is 2.90. The van der Waals surface area contributed by atoms with E-state index >= 15 is 0 Å². The molecule has 3 nitrogen and oxygen atoms in total. The smallest absolute Gasteiger partial charge is 0.0826 e. The molecule has 0 spiro atoms. The second-order valence-electron chi connectivity index (χ2n) is 5.26. The number of nitrogens with one attached hydrogen (secondary N) is 1. The fraction of sp³-hybridized carbons (Fsp3) is 0.176. The Bertz CT molecular complexity index is 724. The molecule has 104 valence electrons. The molecule has 21 heavy (non-hydrogen) atoms. The molecular formula is C17H15N3S. The van der Waals surface area contributed by atoms with E-state index in [0.717, 1.165) is 12.1 Å². The van der Waals surface area contributed by atoms with E-state index in [-0.39, 0.29) is 12.1 Å². The van der Waals surface area contributed by atoms with Gasteiger partial charge in [-0.1, -0.05) is 65.2 Å². The molecule has 0 aliphatic carbocycles. The highest BCUT2D eigenvalue weighted by molar-refractivity contribution is 7.05. The minimum Gasteiger partial charge on any atom is -0.298 e. The highest BCUT2D eigenvalue weighted by Crippen LogP contribution is 2.36. The average molecular weight is 293 g/mol. The van der Waals surface area contributed by atoms with Crippen LogP contribution in [0.1, 0.15) is 33.8 Å². The summed E-state index contributed by atoms with van der Waals surface area (Å²) >= 11 is 1.50. The Morgan fingerprint density at radius 1 is 0.905 bits per heavy atom. The third-order valence-corrected chi connectivity index (χ3v) is 4.78. The van der Waals surface area contributed by atoms with Crippen LogP contribution in [0, 0.1) is 0 Å². The van der Waals surface area contributed by atoms with Gasteiger partial charge in [0.15, 0.2) is 0 Å². The third-order valence-electron chi connectivity index (χ3n) is 3.95. The van der Waals surface area contributed by atoms with Gasteiger partial charge in [-0.05, 0) is 22.7 Å². The van der Waals surface area contributed by atoms with Gasteiger partial charge in [0.05, 0.1) is 16.6 Å². The Morgan fingerprint density at radius 3 is 2.29 bits per heavy atom. The summed E-state index contributed by atoms with van der Waals surface area (Å²) in [7, 11) is 0. The fourth-order valence-corrected chi connectivity index (χ4v) is 3.66. The first-order valence-electron chi connectivity index (χ1n) is 7.09. The Labute approximate surface area is 127 Å². The van der Waals surface area contributed by atoms with Crippen molar-refractivity contribution in [3.8, 4) is 0 Å². The van der Waals surface area contributed by atoms with Gasteiger partial charge in [-0.2, -0.15) is 0 Å². The highest BCUT2D eigenvalue weighted by atomic mass is 32.1. The van der Waals surface area contributed by atoms with Gasteiger partial charge in [-0.25, -0.2) is 0 Å². The number of rotatable bonds is 2. The molecule has 1 N–H and O–H groups in total. The molecule has 0 fully saturated rings. The number of nitrogens with zero attached hydrogens (tertiary/aromatic N) is 2. The minimum atomic E-state index is 0.181. The van der Waals surface area contributed by atoms with Gasteiger partial charge in [0.25, 0.3) is 0 Å². The van der Waals surface area contributed by atoms with Gasteiger partial charge >= 0.3 is 0 Å². The van der Waals surface area contributed by atoms with Crippen LogP contribution in [0.2, 0.25) is 0 Å². The zero-order chi connectivity index (χ0) is 14.1. The van der Waals surface area contributed by atoms with Crippen molar-refractivity contribution < 1.29 is 0 Å². The van der Waals surface area contributed by atoms with Crippen molar-refractivity contribution in [2.75, 3.05) is 0 Å². The van der Waals surface area contributed by atoms with E-state index in [0.29, 0.717) is 0 Å². The molecule has 0 amide bonds. The predicted octanol–water partition coefficient (Wildman–Crippen LogP) is 3.51. The van der Waals surface area contributed by atoms with Gasteiger partial charge in [0, 0.05) is 12.5 Å². The van der Waals surface area contributed by atoms with Crippen molar-refractivity contribution in [2.24, 2.45) is 0 Å². The Hall–Kier alpha value is -2.04.